The van der Waals surface area contributed by atoms with Crippen LogP contribution in [0.25, 0.3) is 11.3 Å². The Labute approximate surface area is 185 Å². The number of fused-ring (bicyclic) bond motifs is 1. The van der Waals surface area contributed by atoms with E-state index in [2.05, 4.69) is 38.6 Å². The Kier molecular flexibility index (Phi) is 5.28. The lowest BCUT2D eigenvalue weighted by Gasteiger charge is -2.14. The van der Waals surface area contributed by atoms with Gasteiger partial charge < -0.3 is 10.6 Å². The number of halogens is 1. The predicted octanol–water partition coefficient (Wildman–Crippen LogP) is 4.26. The summed E-state index contributed by atoms with van der Waals surface area (Å²) in [5.41, 5.74) is 5.54. The monoisotopic (exact) mass is 429 g/mol. The van der Waals surface area contributed by atoms with Gasteiger partial charge in [0.1, 0.15) is 11.6 Å². The minimum Gasteiger partial charge on any atom is -0.357 e. The molecule has 0 radical (unpaired) electrons. The van der Waals surface area contributed by atoms with Crippen LogP contribution in [0.3, 0.4) is 0 Å². The summed E-state index contributed by atoms with van der Waals surface area (Å²) in [4.78, 5) is 10.7. The molecule has 2 aromatic heterocycles. The lowest BCUT2D eigenvalue weighted by atomic mass is 10.1. The van der Waals surface area contributed by atoms with Crippen LogP contribution in [0.1, 0.15) is 16.8 Å². The van der Waals surface area contributed by atoms with Crippen LogP contribution < -0.4 is 10.6 Å². The molecule has 8 heteroatoms. The van der Waals surface area contributed by atoms with Crippen molar-refractivity contribution >= 4 is 17.5 Å². The molecule has 2 aromatic carbocycles. The molecule has 0 bridgehead atoms. The smallest absolute Gasteiger partial charge is 0.224 e. The van der Waals surface area contributed by atoms with E-state index in [0.29, 0.717) is 23.9 Å². The number of nitrogens with one attached hydrogen (secondary N) is 2. The van der Waals surface area contributed by atoms with E-state index in [1.54, 1.807) is 19.3 Å². The van der Waals surface area contributed by atoms with Gasteiger partial charge >= 0.3 is 0 Å². The van der Waals surface area contributed by atoms with Gasteiger partial charge in [-0.05, 0) is 42.9 Å². The van der Waals surface area contributed by atoms with E-state index >= 15 is 0 Å². The summed E-state index contributed by atoms with van der Waals surface area (Å²) in [6.07, 6.45) is 1.70. The van der Waals surface area contributed by atoms with Crippen LogP contribution in [0.2, 0.25) is 0 Å². The van der Waals surface area contributed by atoms with Crippen molar-refractivity contribution in [3.05, 3.63) is 83.4 Å². The van der Waals surface area contributed by atoms with E-state index in [9.17, 15) is 4.39 Å². The lowest BCUT2D eigenvalue weighted by Crippen LogP contribution is -2.13. The molecule has 4 aromatic rings. The highest BCUT2D eigenvalue weighted by Crippen LogP contribution is 2.34. The van der Waals surface area contributed by atoms with Crippen LogP contribution >= 0.6 is 0 Å². The number of nitrogens with zero attached hydrogens (tertiary/aromatic N) is 5. The second-order valence-corrected chi connectivity index (χ2v) is 7.92. The zero-order valence-electron chi connectivity index (χ0n) is 18.0. The first-order valence-electron chi connectivity index (χ1n) is 10.5. The average molecular weight is 430 g/mol. The summed E-state index contributed by atoms with van der Waals surface area (Å²) in [6, 6.07) is 16.8. The van der Waals surface area contributed by atoms with Crippen molar-refractivity contribution in [3.8, 4) is 11.3 Å². The van der Waals surface area contributed by atoms with Gasteiger partial charge in [-0.15, -0.1) is 0 Å². The molecule has 0 spiro atoms. The van der Waals surface area contributed by atoms with E-state index in [-0.39, 0.29) is 5.82 Å². The zero-order valence-corrected chi connectivity index (χ0v) is 18.0. The van der Waals surface area contributed by atoms with Crippen LogP contribution in [0, 0.1) is 5.82 Å². The molecular formula is C24H24FN7. The van der Waals surface area contributed by atoms with Crippen LogP contribution in [0.4, 0.5) is 21.8 Å². The Morgan fingerprint density at radius 1 is 1.06 bits per heavy atom. The molecule has 2 N–H and O–H groups in total. The van der Waals surface area contributed by atoms with E-state index in [4.69, 9.17) is 5.10 Å². The molecule has 0 saturated carbocycles. The molecule has 3 heterocycles. The number of aromatic nitrogens is 4. The van der Waals surface area contributed by atoms with Crippen LogP contribution in [0.5, 0.6) is 0 Å². The fourth-order valence-corrected chi connectivity index (χ4v) is 4.11. The fraction of sp³-hybridized carbons (Fsp3) is 0.208. The number of rotatable bonds is 6. The van der Waals surface area contributed by atoms with E-state index in [1.165, 1.54) is 6.07 Å². The first kappa shape index (κ1) is 20.1. The highest BCUT2D eigenvalue weighted by Gasteiger charge is 2.27. The van der Waals surface area contributed by atoms with Crippen LogP contribution in [0.15, 0.2) is 60.8 Å². The maximum atomic E-state index is 14.7. The third-order valence-corrected chi connectivity index (χ3v) is 5.52. The van der Waals surface area contributed by atoms with Gasteiger partial charge in [-0.25, -0.2) is 9.37 Å². The maximum absolute atomic E-state index is 14.7. The van der Waals surface area contributed by atoms with Crippen molar-refractivity contribution in [2.24, 2.45) is 0 Å². The molecule has 0 aliphatic carbocycles. The Hall–Kier alpha value is -3.78. The van der Waals surface area contributed by atoms with E-state index in [1.807, 2.05) is 41.1 Å². The molecule has 32 heavy (non-hydrogen) atoms. The average Bonchev–Trinajstić information content (AvgIpc) is 3.30. The lowest BCUT2D eigenvalue weighted by molar-refractivity contribution is 0.346. The van der Waals surface area contributed by atoms with Gasteiger partial charge in [-0.3, -0.25) is 9.58 Å². The molecule has 5 rings (SSSR count). The maximum Gasteiger partial charge on any atom is 0.224 e. The second kappa shape index (κ2) is 8.39. The van der Waals surface area contributed by atoms with Crippen LogP contribution in [-0.4, -0.2) is 38.7 Å². The molecular weight excluding hydrogens is 405 g/mol. The summed E-state index contributed by atoms with van der Waals surface area (Å²) in [5.74, 6) is 1.02. The number of hydrogen-bond donors (Lipinski definition) is 2. The molecule has 1 aliphatic rings. The quantitative estimate of drug-likeness (QED) is 0.477. The molecule has 0 fully saturated rings. The topological polar surface area (TPSA) is 70.9 Å². The molecule has 0 amide bonds. The first-order chi connectivity index (χ1) is 15.6. The van der Waals surface area contributed by atoms with Crippen molar-refractivity contribution < 1.29 is 4.39 Å². The summed E-state index contributed by atoms with van der Waals surface area (Å²) < 4.78 is 16.7. The standard InChI is InChI=1S/C24H24FN7/c1-26-24-27-11-10-22(29-24)28-17-7-5-6-16(12-17)13-32-23(18-8-3-4-9-20(18)25)19-14-31(2)15-21(19)30-32/h3-12H,13-15H2,1-2H3,(H2,26,27,28,29). The minimum absolute atomic E-state index is 0.231. The number of anilines is 3. The normalized spacial score (nSPS) is 13.2. The number of benzene rings is 2. The van der Waals surface area contributed by atoms with Gasteiger partial charge in [0.2, 0.25) is 5.95 Å². The molecule has 162 valence electrons. The zero-order chi connectivity index (χ0) is 22.1. The van der Waals surface area contributed by atoms with Crippen molar-refractivity contribution in [3.63, 3.8) is 0 Å². The summed E-state index contributed by atoms with van der Waals surface area (Å²) in [5, 5.41) is 11.1. The molecule has 0 unspecified atom stereocenters. The van der Waals surface area contributed by atoms with Crippen molar-refractivity contribution in [1.82, 2.24) is 24.6 Å². The van der Waals surface area contributed by atoms with E-state index in [0.717, 1.165) is 41.3 Å². The van der Waals surface area contributed by atoms with Crippen LogP contribution in [-0.2, 0) is 19.6 Å². The SMILES string of the molecule is CNc1nccc(Nc2cccc(Cn3nc4c(c3-c3ccccc3F)CN(C)C4)c2)n1. The van der Waals surface area contributed by atoms with Crippen molar-refractivity contribution in [1.29, 1.82) is 0 Å². The largest absolute Gasteiger partial charge is 0.357 e. The molecule has 7 nitrogen and oxygen atoms in total. The third kappa shape index (κ3) is 3.92. The van der Waals surface area contributed by atoms with Crippen molar-refractivity contribution in [2.75, 3.05) is 24.7 Å². The highest BCUT2D eigenvalue weighted by atomic mass is 19.1. The second-order valence-electron chi connectivity index (χ2n) is 7.92. The van der Waals surface area contributed by atoms with E-state index < -0.39 is 0 Å². The Morgan fingerprint density at radius 2 is 1.94 bits per heavy atom. The van der Waals surface area contributed by atoms with Gasteiger partial charge in [-0.1, -0.05) is 24.3 Å². The molecule has 0 saturated heterocycles. The Balaban J connectivity index is 1.47. The van der Waals surface area contributed by atoms with Gasteiger partial charge in [0.15, 0.2) is 0 Å². The van der Waals surface area contributed by atoms with Crippen molar-refractivity contribution in [2.45, 2.75) is 19.6 Å². The highest BCUT2D eigenvalue weighted by molar-refractivity contribution is 5.66. The predicted molar refractivity (Wildman–Crippen MR) is 123 cm³/mol. The Morgan fingerprint density at radius 3 is 2.78 bits per heavy atom. The van der Waals surface area contributed by atoms with Gasteiger partial charge in [0.25, 0.3) is 0 Å². The molecule has 1 aliphatic heterocycles. The van der Waals surface area contributed by atoms with Gasteiger partial charge in [0, 0.05) is 43.1 Å². The first-order valence-corrected chi connectivity index (χ1v) is 10.5. The van der Waals surface area contributed by atoms with Gasteiger partial charge in [-0.2, -0.15) is 10.1 Å². The third-order valence-electron chi connectivity index (χ3n) is 5.52. The summed E-state index contributed by atoms with van der Waals surface area (Å²) in [7, 11) is 3.84. The minimum atomic E-state index is -0.231. The summed E-state index contributed by atoms with van der Waals surface area (Å²) in [6.45, 7) is 2.08. The molecule has 0 atom stereocenters. The Bertz CT molecular complexity index is 1270. The number of hydrogen-bond acceptors (Lipinski definition) is 6. The summed E-state index contributed by atoms with van der Waals surface area (Å²) >= 11 is 0. The fourth-order valence-electron chi connectivity index (χ4n) is 4.11. The van der Waals surface area contributed by atoms with Gasteiger partial charge in [0.05, 0.1) is 17.9 Å².